The second-order valence-electron chi connectivity index (χ2n) is 21.7. The number of imidazole rings is 2. The van der Waals surface area contributed by atoms with Gasteiger partial charge in [-0.1, -0.05) is 200 Å². The predicted molar refractivity (Wildman–Crippen MR) is 359 cm³/mol. The maximum Gasteiger partial charge on any atom is 0.295 e. The molecule has 5 aromatic heterocycles. The molecule has 4 aliphatic rings. The van der Waals surface area contributed by atoms with Gasteiger partial charge in [0, 0.05) is 77.7 Å². The number of pyridine rings is 3. The van der Waals surface area contributed by atoms with E-state index in [0.717, 1.165) is 46.9 Å². The minimum atomic E-state index is -0.411. The van der Waals surface area contributed by atoms with Crippen molar-refractivity contribution < 1.29 is 49.5 Å². The fourth-order valence-electron chi connectivity index (χ4n) is 12.1. The molecule has 0 unspecified atom stereocenters. The minimum Gasteiger partial charge on any atom is -0.527 e. The van der Waals surface area contributed by atoms with Gasteiger partial charge in [0.15, 0.2) is 23.8 Å². The van der Waals surface area contributed by atoms with Gasteiger partial charge in [0.1, 0.15) is 38.2 Å². The van der Waals surface area contributed by atoms with Crippen LogP contribution in [0.3, 0.4) is 0 Å². The van der Waals surface area contributed by atoms with E-state index in [1.807, 2.05) is 84.9 Å². The molecule has 4 aliphatic heterocycles. The van der Waals surface area contributed by atoms with Crippen LogP contribution in [-0.4, -0.2) is 19.1 Å². The zero-order valence-corrected chi connectivity index (χ0v) is 51.5. The third-order valence-corrected chi connectivity index (χ3v) is 16.2. The third kappa shape index (κ3) is 11.4. The van der Waals surface area contributed by atoms with Gasteiger partial charge in [-0.2, -0.15) is 13.7 Å². The molecule has 0 fully saturated rings. The van der Waals surface area contributed by atoms with Gasteiger partial charge in [-0.05, 0) is 77.1 Å². The Kier molecular flexibility index (Phi) is 13.8. The zero-order valence-electron chi connectivity index (χ0n) is 57.1. The van der Waals surface area contributed by atoms with Gasteiger partial charge in [0.2, 0.25) is 5.69 Å². The van der Waals surface area contributed by atoms with Crippen LogP contribution in [0.25, 0.3) is 94.8 Å². The molecular formula is C82H60IrN7O+. The Hall–Kier alpha value is -11.2. The van der Waals surface area contributed by atoms with Gasteiger partial charge in [-0.3, -0.25) is 4.98 Å². The molecule has 0 saturated carbocycles. The van der Waals surface area contributed by atoms with Gasteiger partial charge >= 0.3 is 0 Å². The molecule has 8 nitrogen and oxygen atoms in total. The molecule has 15 aromatic rings. The number of hydrogen-bond acceptors (Lipinski definition) is 3. The topological polar surface area (TPSA) is 56.5 Å². The normalized spacial score (nSPS) is 13.4. The summed E-state index contributed by atoms with van der Waals surface area (Å²) in [4.78, 5) is 8.50. The van der Waals surface area contributed by atoms with Crippen molar-refractivity contribution in [2.75, 3.05) is 0 Å². The first-order valence-electron chi connectivity index (χ1n) is 33.7. The number of fused-ring (bicyclic) bond motifs is 14. The van der Waals surface area contributed by atoms with E-state index < -0.39 is 12.1 Å². The summed E-state index contributed by atoms with van der Waals surface area (Å²) in [5.41, 5.74) is 15.6. The fraction of sp³-hybridized carbons (Fsp3) is 0.0366. The van der Waals surface area contributed by atoms with E-state index >= 15 is 0 Å². The average molecular weight is 1360 g/mol. The van der Waals surface area contributed by atoms with Gasteiger partial charge in [-0.25, -0.2) is 9.13 Å². The monoisotopic (exact) mass is 1360 g/mol. The zero-order chi connectivity index (χ0) is 67.1. The number of hydrogen-bond donors (Lipinski definition) is 0. The van der Waals surface area contributed by atoms with Crippen LogP contribution in [0.2, 0.25) is 0 Å². The quantitative estimate of drug-likeness (QED) is 0.130. The Labute approximate surface area is 554 Å². The summed E-state index contributed by atoms with van der Waals surface area (Å²) in [6.07, 6.45) is 10.9. The molecule has 0 bridgehead atoms. The number of nitrogens with zero attached hydrogens (tertiary/aromatic N) is 7. The molecule has 91 heavy (non-hydrogen) atoms. The maximum absolute atomic E-state index is 7.98. The van der Waals surface area contributed by atoms with Crippen molar-refractivity contribution in [3.63, 3.8) is 0 Å². The standard InChI is InChI=1S/C24H17N2.C20H15N2.C15H10NO.C12H10N.C11H8N.Ir/c1-3-11-19-17(8-1)10-7-15-21(19)26-23-14-6-5-13-22(23)25-16-18-9-2-4-12-20(18)24(25)26;1-3-9-17-15(6-1)8-5-11-19(17)22-13-12-21-14-16-7-2-4-10-18(16)20(21)22;1-11-13(14-7-4-5-9-16-14)10-12-6-2-3-8-15(12)17-11;1-2-6-11-10(5-1)9-13-8-4-3-7-12(11)13;1-2-6-10(7-3-1)11-8-4-5-9-12-11;/h1-15H,16H2;1-13H,14H2;2-9H,1H2;1-8H,9H2;1-6,8-9H;/q2*+1;-1;+1;-1;/i;;;1D,2D,3D,4D,5D,6D,7D,8D;;. The Morgan fingerprint density at radius 2 is 1.12 bits per heavy atom. The van der Waals surface area contributed by atoms with Crippen LogP contribution < -0.4 is 18.4 Å². The Morgan fingerprint density at radius 1 is 0.505 bits per heavy atom. The van der Waals surface area contributed by atoms with Crippen LogP contribution in [0.1, 0.15) is 38.9 Å². The Bertz CT molecular complexity index is 5550. The SMILES string of the molecule is C=C1Oc2ccccc2[C-]=C1c1ccccn1.[2H]c1c([2H])c([2H])c2c(c1[2H])C[n+]1c([2H])c([2H])c([2H])c([2H])c1-2.[Ir].[c-]1ccccc1-c1ccccn1.c1ccc2c(c1)C[n+]1c-2n(-c2cccc3ccccc23)c2ccccc21.c1ccc2c(c1)C[n+]1ccn(-c3cccc4ccccc34)c1-2. The largest absolute Gasteiger partial charge is 0.527 e. The van der Waals surface area contributed by atoms with Crippen molar-refractivity contribution in [2.24, 2.45) is 0 Å². The van der Waals surface area contributed by atoms with Crippen LogP contribution in [0.5, 0.6) is 5.75 Å². The molecule has 0 N–H and O–H groups in total. The average Bonchev–Trinajstić information content (AvgIpc) is 1.58. The van der Waals surface area contributed by atoms with Gasteiger partial charge < -0.3 is 9.72 Å². The molecular weight excluding hydrogens is 1290 g/mol. The van der Waals surface area contributed by atoms with E-state index in [1.54, 1.807) is 12.4 Å². The molecule has 0 spiro atoms. The minimum absolute atomic E-state index is 0. The summed E-state index contributed by atoms with van der Waals surface area (Å²) in [7, 11) is 0. The number of aromatic nitrogens is 7. The van der Waals surface area contributed by atoms with Crippen LogP contribution in [0.15, 0.2) is 328 Å². The van der Waals surface area contributed by atoms with E-state index in [1.165, 1.54) is 82.4 Å². The summed E-state index contributed by atoms with van der Waals surface area (Å²) < 4.78 is 79.0. The molecule has 19 rings (SSSR count). The number of ether oxygens (including phenoxy) is 1. The summed E-state index contributed by atoms with van der Waals surface area (Å²) in [6, 6.07) is 84.4. The second-order valence-corrected chi connectivity index (χ2v) is 21.7. The van der Waals surface area contributed by atoms with Crippen molar-refractivity contribution in [3.8, 4) is 62.4 Å². The molecule has 10 aromatic carbocycles. The van der Waals surface area contributed by atoms with Crippen molar-refractivity contribution in [3.05, 3.63) is 368 Å². The van der Waals surface area contributed by atoms with E-state index in [2.05, 4.69) is 217 Å². The second kappa shape index (κ2) is 25.9. The molecule has 1 radical (unpaired) electrons. The summed E-state index contributed by atoms with van der Waals surface area (Å²) in [5, 5.41) is 5.11. The number of allylic oxidation sites excluding steroid dienone is 1. The Morgan fingerprint density at radius 3 is 1.89 bits per heavy atom. The number of para-hydroxylation sites is 3. The summed E-state index contributed by atoms with van der Waals surface area (Å²) in [6.45, 7) is 5.82. The van der Waals surface area contributed by atoms with Crippen molar-refractivity contribution >= 4 is 38.2 Å². The van der Waals surface area contributed by atoms with Crippen molar-refractivity contribution in [1.82, 2.24) is 19.1 Å². The molecule has 9 heteroatoms. The first-order chi connectivity index (χ1) is 47.9. The summed E-state index contributed by atoms with van der Waals surface area (Å²) in [5.74, 6) is 3.92. The number of rotatable bonds is 4. The smallest absolute Gasteiger partial charge is 0.295 e. The third-order valence-electron chi connectivity index (χ3n) is 16.2. The Balaban J connectivity index is 0.000000107. The molecule has 0 saturated heterocycles. The van der Waals surface area contributed by atoms with Crippen molar-refractivity contribution in [2.45, 2.75) is 19.6 Å². The van der Waals surface area contributed by atoms with Crippen LogP contribution in [-0.2, 0) is 39.7 Å². The van der Waals surface area contributed by atoms with Crippen LogP contribution in [0.4, 0.5) is 0 Å². The number of benzene rings is 10. The van der Waals surface area contributed by atoms with E-state index in [0.29, 0.717) is 11.3 Å². The van der Waals surface area contributed by atoms with E-state index in [9.17, 15) is 0 Å². The van der Waals surface area contributed by atoms with Crippen LogP contribution >= 0.6 is 0 Å². The first kappa shape index (κ1) is 48.7. The van der Waals surface area contributed by atoms with E-state index in [-0.39, 0.29) is 74.3 Å². The van der Waals surface area contributed by atoms with Gasteiger partial charge in [0.05, 0.1) is 37.8 Å². The predicted octanol–water partition coefficient (Wildman–Crippen LogP) is 16.8. The molecule has 0 amide bonds. The maximum atomic E-state index is 7.98. The molecule has 0 aliphatic carbocycles. The fourth-order valence-corrected chi connectivity index (χ4v) is 12.1. The molecule has 437 valence electrons. The van der Waals surface area contributed by atoms with Crippen LogP contribution in [0, 0.1) is 12.1 Å². The van der Waals surface area contributed by atoms with E-state index in [4.69, 9.17) is 15.7 Å². The van der Waals surface area contributed by atoms with Gasteiger partial charge in [-0.15, -0.1) is 48.0 Å². The first-order valence-corrected chi connectivity index (χ1v) is 29.7. The summed E-state index contributed by atoms with van der Waals surface area (Å²) >= 11 is 0. The molecule has 9 heterocycles. The van der Waals surface area contributed by atoms with Crippen molar-refractivity contribution in [1.29, 1.82) is 0 Å². The molecule has 0 atom stereocenters. The van der Waals surface area contributed by atoms with Gasteiger partial charge in [0.25, 0.3) is 11.6 Å².